The van der Waals surface area contributed by atoms with E-state index >= 15 is 0 Å². The van der Waals surface area contributed by atoms with Gasteiger partial charge in [0.05, 0.1) is 17.8 Å². The molecule has 2 N–H and O–H groups in total. The van der Waals surface area contributed by atoms with Gasteiger partial charge in [0.15, 0.2) is 11.5 Å². The van der Waals surface area contributed by atoms with Crippen LogP contribution in [0.25, 0.3) is 0 Å². The first-order chi connectivity index (χ1) is 9.65. The van der Waals surface area contributed by atoms with E-state index in [2.05, 4.69) is 4.98 Å². The van der Waals surface area contributed by atoms with E-state index in [4.69, 9.17) is 26.8 Å². The third-order valence-corrected chi connectivity index (χ3v) is 3.28. The minimum atomic E-state index is 0.338. The van der Waals surface area contributed by atoms with E-state index in [1.165, 1.54) is 0 Å². The van der Waals surface area contributed by atoms with Crippen molar-refractivity contribution in [2.24, 2.45) is 5.73 Å². The molecule has 2 aromatic rings. The second-order valence-electron chi connectivity index (χ2n) is 4.37. The maximum absolute atomic E-state index is 6.22. The van der Waals surface area contributed by atoms with Gasteiger partial charge in [0.2, 0.25) is 0 Å². The Kier molecular flexibility index (Phi) is 4.82. The van der Waals surface area contributed by atoms with Crippen LogP contribution in [0, 0.1) is 6.92 Å². The molecule has 5 heteroatoms. The normalized spacial score (nSPS) is 10.4. The molecule has 1 aromatic heterocycles. The lowest BCUT2D eigenvalue weighted by Gasteiger charge is -2.14. The first-order valence-corrected chi connectivity index (χ1v) is 6.63. The van der Waals surface area contributed by atoms with Gasteiger partial charge < -0.3 is 15.2 Å². The molecule has 0 radical (unpaired) electrons. The van der Waals surface area contributed by atoms with Gasteiger partial charge in [0.1, 0.15) is 6.61 Å². The SMILES string of the molecule is COc1cc(CN)cc(Cl)c1OCc1ncccc1C. The number of halogens is 1. The van der Waals surface area contributed by atoms with Gasteiger partial charge in [-0.1, -0.05) is 17.7 Å². The molecule has 4 nitrogen and oxygen atoms in total. The molecule has 1 heterocycles. The largest absolute Gasteiger partial charge is 0.493 e. The number of ether oxygens (including phenoxy) is 2. The molecule has 0 unspecified atom stereocenters. The lowest BCUT2D eigenvalue weighted by atomic mass is 10.2. The fourth-order valence-electron chi connectivity index (χ4n) is 1.84. The number of benzene rings is 1. The highest BCUT2D eigenvalue weighted by Crippen LogP contribution is 2.36. The molecule has 0 aliphatic rings. The van der Waals surface area contributed by atoms with Crippen LogP contribution >= 0.6 is 11.6 Å². The van der Waals surface area contributed by atoms with E-state index in [1.807, 2.05) is 25.1 Å². The van der Waals surface area contributed by atoms with E-state index in [0.29, 0.717) is 29.7 Å². The summed E-state index contributed by atoms with van der Waals surface area (Å²) in [5.74, 6) is 1.09. The zero-order valence-corrected chi connectivity index (χ0v) is 12.3. The van der Waals surface area contributed by atoms with Crippen LogP contribution < -0.4 is 15.2 Å². The number of rotatable bonds is 5. The van der Waals surface area contributed by atoms with Gasteiger partial charge in [-0.15, -0.1) is 0 Å². The van der Waals surface area contributed by atoms with Crippen LogP contribution in [-0.2, 0) is 13.2 Å². The van der Waals surface area contributed by atoms with Crippen molar-refractivity contribution in [1.82, 2.24) is 4.98 Å². The molecule has 0 aliphatic heterocycles. The van der Waals surface area contributed by atoms with Gasteiger partial charge in [0.25, 0.3) is 0 Å². The molecule has 20 heavy (non-hydrogen) atoms. The predicted molar refractivity (Wildman–Crippen MR) is 79.2 cm³/mol. The topological polar surface area (TPSA) is 57.4 Å². The molecule has 0 aliphatic carbocycles. The Morgan fingerprint density at radius 3 is 2.80 bits per heavy atom. The van der Waals surface area contributed by atoms with Gasteiger partial charge in [-0.2, -0.15) is 0 Å². The maximum Gasteiger partial charge on any atom is 0.180 e. The molecule has 0 amide bonds. The highest BCUT2D eigenvalue weighted by Gasteiger charge is 2.12. The van der Waals surface area contributed by atoms with Crippen LogP contribution in [-0.4, -0.2) is 12.1 Å². The third kappa shape index (κ3) is 3.21. The Morgan fingerprint density at radius 1 is 1.35 bits per heavy atom. The van der Waals surface area contributed by atoms with Crippen molar-refractivity contribution in [3.63, 3.8) is 0 Å². The van der Waals surface area contributed by atoms with Crippen LogP contribution in [0.1, 0.15) is 16.8 Å². The van der Waals surface area contributed by atoms with Crippen LogP contribution in [0.15, 0.2) is 30.5 Å². The fraction of sp³-hybridized carbons (Fsp3) is 0.267. The molecule has 0 atom stereocenters. The Labute approximate surface area is 123 Å². The number of nitrogens with two attached hydrogens (primary N) is 1. The molecule has 0 saturated carbocycles. The summed E-state index contributed by atoms with van der Waals surface area (Å²) in [5.41, 5.74) is 8.45. The summed E-state index contributed by atoms with van der Waals surface area (Å²) in [7, 11) is 1.57. The summed E-state index contributed by atoms with van der Waals surface area (Å²) in [4.78, 5) is 4.28. The van der Waals surface area contributed by atoms with Gasteiger partial charge in [0, 0.05) is 12.7 Å². The smallest absolute Gasteiger partial charge is 0.180 e. The van der Waals surface area contributed by atoms with Crippen LogP contribution in [0.5, 0.6) is 11.5 Å². The lowest BCUT2D eigenvalue weighted by molar-refractivity contribution is 0.280. The molecule has 1 aromatic carbocycles. The molecular weight excluding hydrogens is 276 g/mol. The maximum atomic E-state index is 6.22. The molecule has 0 fully saturated rings. The average Bonchev–Trinajstić information content (AvgIpc) is 2.46. The zero-order chi connectivity index (χ0) is 14.5. The van der Waals surface area contributed by atoms with Crippen LogP contribution in [0.4, 0.5) is 0 Å². The third-order valence-electron chi connectivity index (χ3n) is 3.00. The number of hydrogen-bond acceptors (Lipinski definition) is 4. The Bertz CT molecular complexity index is 602. The zero-order valence-electron chi connectivity index (χ0n) is 11.5. The van der Waals surface area contributed by atoms with Crippen molar-refractivity contribution >= 4 is 11.6 Å². The van der Waals surface area contributed by atoms with Gasteiger partial charge in [-0.3, -0.25) is 4.98 Å². The molecule has 0 spiro atoms. The first kappa shape index (κ1) is 14.6. The highest BCUT2D eigenvalue weighted by atomic mass is 35.5. The number of aromatic nitrogens is 1. The number of hydrogen-bond donors (Lipinski definition) is 1. The van der Waals surface area contributed by atoms with Crippen molar-refractivity contribution in [2.75, 3.05) is 7.11 Å². The van der Waals surface area contributed by atoms with E-state index in [-0.39, 0.29) is 0 Å². The predicted octanol–water partition coefficient (Wildman–Crippen LogP) is 3.09. The fourth-order valence-corrected chi connectivity index (χ4v) is 2.13. The number of aryl methyl sites for hydroxylation is 1. The quantitative estimate of drug-likeness (QED) is 0.920. The summed E-state index contributed by atoms with van der Waals surface area (Å²) in [6, 6.07) is 7.49. The molecule has 2 rings (SSSR count). The van der Waals surface area contributed by atoms with Gasteiger partial charge in [-0.25, -0.2) is 0 Å². The first-order valence-electron chi connectivity index (χ1n) is 6.25. The highest BCUT2D eigenvalue weighted by molar-refractivity contribution is 6.32. The Balaban J connectivity index is 2.23. The second kappa shape index (κ2) is 6.59. The van der Waals surface area contributed by atoms with Crippen molar-refractivity contribution in [2.45, 2.75) is 20.1 Å². The van der Waals surface area contributed by atoms with Crippen LogP contribution in [0.2, 0.25) is 5.02 Å². The molecular formula is C15H17ClN2O2. The monoisotopic (exact) mass is 292 g/mol. The second-order valence-corrected chi connectivity index (χ2v) is 4.78. The summed E-state index contributed by atoms with van der Waals surface area (Å²) >= 11 is 6.22. The van der Waals surface area contributed by atoms with Crippen molar-refractivity contribution in [3.8, 4) is 11.5 Å². The minimum absolute atomic E-state index is 0.338. The van der Waals surface area contributed by atoms with E-state index in [0.717, 1.165) is 16.8 Å². The summed E-state index contributed by atoms with van der Waals surface area (Å²) in [6.07, 6.45) is 1.74. The lowest BCUT2D eigenvalue weighted by Crippen LogP contribution is -2.03. The van der Waals surface area contributed by atoms with Crippen molar-refractivity contribution in [1.29, 1.82) is 0 Å². The number of nitrogens with zero attached hydrogens (tertiary/aromatic N) is 1. The van der Waals surface area contributed by atoms with Crippen molar-refractivity contribution < 1.29 is 9.47 Å². The van der Waals surface area contributed by atoms with E-state index in [9.17, 15) is 0 Å². The van der Waals surface area contributed by atoms with Gasteiger partial charge in [-0.05, 0) is 36.2 Å². The minimum Gasteiger partial charge on any atom is -0.493 e. The molecule has 106 valence electrons. The standard InChI is InChI=1S/C15H17ClN2O2/c1-10-4-3-5-18-13(10)9-20-15-12(16)6-11(8-17)7-14(15)19-2/h3-7H,8-9,17H2,1-2H3. The van der Waals surface area contributed by atoms with Crippen molar-refractivity contribution in [3.05, 3.63) is 52.3 Å². The van der Waals surface area contributed by atoms with E-state index in [1.54, 1.807) is 19.4 Å². The summed E-state index contributed by atoms with van der Waals surface area (Å²) in [5, 5.41) is 0.485. The number of pyridine rings is 1. The Hall–Kier alpha value is -1.78. The summed E-state index contributed by atoms with van der Waals surface area (Å²) < 4.78 is 11.1. The Morgan fingerprint density at radius 2 is 2.15 bits per heavy atom. The average molecular weight is 293 g/mol. The molecule has 0 saturated heterocycles. The summed E-state index contributed by atoms with van der Waals surface area (Å²) in [6.45, 7) is 2.72. The van der Waals surface area contributed by atoms with Gasteiger partial charge >= 0.3 is 0 Å². The van der Waals surface area contributed by atoms with Crippen LogP contribution in [0.3, 0.4) is 0 Å². The molecule has 0 bridgehead atoms. The number of methoxy groups -OCH3 is 1. The van der Waals surface area contributed by atoms with E-state index < -0.39 is 0 Å².